The first-order chi connectivity index (χ1) is 16.0. The predicted octanol–water partition coefficient (Wildman–Crippen LogP) is 4.86. The first kappa shape index (κ1) is 22.2. The van der Waals surface area contributed by atoms with Crippen LogP contribution in [0.1, 0.15) is 53.5 Å². The lowest BCUT2D eigenvalue weighted by atomic mass is 10.2. The third-order valence-electron chi connectivity index (χ3n) is 6.50. The van der Waals surface area contributed by atoms with Gasteiger partial charge in [0.1, 0.15) is 5.75 Å². The van der Waals surface area contributed by atoms with Gasteiger partial charge in [-0.25, -0.2) is 0 Å². The Bertz CT molecular complexity index is 1140. The molecular weight excluding hydrogens is 436 g/mol. The minimum atomic E-state index is 0.137. The van der Waals surface area contributed by atoms with Crippen LogP contribution < -0.4 is 4.74 Å². The molecule has 0 bridgehead atoms. The Kier molecular flexibility index (Phi) is 6.29. The fourth-order valence-electron chi connectivity index (χ4n) is 4.67. The van der Waals surface area contributed by atoms with E-state index in [4.69, 9.17) is 9.47 Å². The molecule has 0 radical (unpaired) electrons. The van der Waals surface area contributed by atoms with Crippen molar-refractivity contribution in [3.05, 3.63) is 47.3 Å². The first-order valence-corrected chi connectivity index (χ1v) is 12.6. The van der Waals surface area contributed by atoms with E-state index in [1.54, 1.807) is 7.11 Å². The van der Waals surface area contributed by atoms with E-state index in [1.165, 1.54) is 30.3 Å². The Morgan fingerprint density at radius 1 is 1.18 bits per heavy atom. The zero-order valence-corrected chi connectivity index (χ0v) is 20.2. The zero-order valence-electron chi connectivity index (χ0n) is 19.4. The van der Waals surface area contributed by atoms with Gasteiger partial charge in [0.15, 0.2) is 16.8 Å². The largest absolute Gasteiger partial charge is 0.497 e. The number of carbonyl (C=O) groups is 1. The second kappa shape index (κ2) is 9.35. The number of ether oxygens (including phenoxy) is 2. The van der Waals surface area contributed by atoms with Gasteiger partial charge >= 0.3 is 0 Å². The summed E-state index contributed by atoms with van der Waals surface area (Å²) in [5, 5.41) is 9.69. The van der Waals surface area contributed by atoms with Crippen LogP contribution >= 0.6 is 11.8 Å². The third-order valence-corrected chi connectivity index (χ3v) is 7.47. The number of nitrogens with zero attached hydrogens (tertiary/aromatic N) is 4. The number of hydrogen-bond donors (Lipinski definition) is 0. The quantitative estimate of drug-likeness (QED) is 0.331. The van der Waals surface area contributed by atoms with Gasteiger partial charge in [-0.3, -0.25) is 9.36 Å². The number of methoxy groups -OCH3 is 1. The molecular formula is C25H30N4O3S. The molecule has 1 saturated carbocycles. The smallest absolute Gasteiger partial charge is 0.192 e. The zero-order chi connectivity index (χ0) is 22.9. The highest BCUT2D eigenvalue weighted by atomic mass is 32.2. The van der Waals surface area contributed by atoms with Crippen LogP contribution in [0.4, 0.5) is 0 Å². The van der Waals surface area contributed by atoms with Crippen molar-refractivity contribution < 1.29 is 14.3 Å². The molecule has 33 heavy (non-hydrogen) atoms. The average Bonchev–Trinajstić information content (AvgIpc) is 3.23. The summed E-state index contributed by atoms with van der Waals surface area (Å²) in [6, 6.07) is 10.4. The third kappa shape index (κ3) is 4.59. The topological polar surface area (TPSA) is 71.2 Å². The number of rotatable bonds is 9. The molecule has 2 aliphatic rings. The van der Waals surface area contributed by atoms with Crippen molar-refractivity contribution in [2.45, 2.75) is 63.4 Å². The van der Waals surface area contributed by atoms with E-state index in [9.17, 15) is 4.79 Å². The number of thioether (sulfide) groups is 1. The molecule has 1 aromatic carbocycles. The number of aryl methyl sites for hydroxylation is 1. The van der Waals surface area contributed by atoms with E-state index in [0.717, 1.165) is 53.0 Å². The summed E-state index contributed by atoms with van der Waals surface area (Å²) in [4.78, 5) is 13.1. The number of ketones is 1. The molecule has 3 aromatic rings. The number of Topliss-reactive ketones (excluding diaryl/α,β-unsaturated/α-hetero) is 1. The van der Waals surface area contributed by atoms with Gasteiger partial charge in [-0.15, -0.1) is 10.2 Å². The summed E-state index contributed by atoms with van der Waals surface area (Å²) >= 11 is 1.45. The molecule has 1 aliphatic carbocycles. The second-order valence-electron chi connectivity index (χ2n) is 8.88. The number of aromatic nitrogens is 4. The van der Waals surface area contributed by atoms with Crippen LogP contribution in [0.3, 0.4) is 0 Å². The Morgan fingerprint density at radius 2 is 1.97 bits per heavy atom. The molecule has 0 spiro atoms. The fraction of sp³-hybridized carbons (Fsp3) is 0.480. The maximum absolute atomic E-state index is 13.1. The summed E-state index contributed by atoms with van der Waals surface area (Å²) in [6.45, 7) is 5.63. The fourth-order valence-corrected chi connectivity index (χ4v) is 5.50. The molecule has 2 aromatic heterocycles. The summed E-state index contributed by atoms with van der Waals surface area (Å²) < 4.78 is 15.6. The average molecular weight is 467 g/mol. The minimum Gasteiger partial charge on any atom is -0.497 e. The van der Waals surface area contributed by atoms with Crippen LogP contribution in [0.15, 0.2) is 35.5 Å². The van der Waals surface area contributed by atoms with Crippen LogP contribution in [0.2, 0.25) is 0 Å². The van der Waals surface area contributed by atoms with Gasteiger partial charge in [0.25, 0.3) is 0 Å². The highest BCUT2D eigenvalue weighted by Gasteiger charge is 2.29. The summed E-state index contributed by atoms with van der Waals surface area (Å²) in [5.74, 6) is 2.06. The molecule has 8 heteroatoms. The van der Waals surface area contributed by atoms with Crippen molar-refractivity contribution in [3.8, 4) is 17.1 Å². The standard InChI is InChI=1S/C25H30N4O3S/c1-16-13-22(17(2)29(16)19-8-9-19)23(30)15-33-25-27-26-24(18-6-10-20(31-3)11-7-18)28(25)14-21-5-4-12-32-21/h6-7,10-11,13,19,21H,4-5,8-9,12,14-15H2,1-3H3. The van der Waals surface area contributed by atoms with Crippen molar-refractivity contribution >= 4 is 17.5 Å². The van der Waals surface area contributed by atoms with Crippen molar-refractivity contribution in [2.24, 2.45) is 0 Å². The van der Waals surface area contributed by atoms with Gasteiger partial charge < -0.3 is 14.0 Å². The second-order valence-corrected chi connectivity index (χ2v) is 9.82. The molecule has 0 amide bonds. The highest BCUT2D eigenvalue weighted by molar-refractivity contribution is 7.99. The van der Waals surface area contributed by atoms with Gasteiger partial charge in [0, 0.05) is 35.2 Å². The lowest BCUT2D eigenvalue weighted by molar-refractivity contribution is 0.0953. The SMILES string of the molecule is COc1ccc(-c2nnc(SCC(=O)c3cc(C)n(C4CC4)c3C)n2CC2CCCO2)cc1. The van der Waals surface area contributed by atoms with Crippen LogP contribution in [0.5, 0.6) is 5.75 Å². The van der Waals surface area contributed by atoms with E-state index in [0.29, 0.717) is 18.3 Å². The molecule has 1 atom stereocenters. The highest BCUT2D eigenvalue weighted by Crippen LogP contribution is 2.38. The lowest BCUT2D eigenvalue weighted by Crippen LogP contribution is -2.17. The van der Waals surface area contributed by atoms with E-state index < -0.39 is 0 Å². The van der Waals surface area contributed by atoms with Crippen molar-refractivity contribution in [2.75, 3.05) is 19.5 Å². The molecule has 5 rings (SSSR count). The number of hydrogen-bond acceptors (Lipinski definition) is 6. The van der Waals surface area contributed by atoms with Crippen LogP contribution in [-0.4, -0.2) is 50.7 Å². The molecule has 3 heterocycles. The van der Waals surface area contributed by atoms with Crippen molar-refractivity contribution in [3.63, 3.8) is 0 Å². The lowest BCUT2D eigenvalue weighted by Gasteiger charge is -2.15. The molecule has 1 saturated heterocycles. The molecule has 2 fully saturated rings. The molecule has 7 nitrogen and oxygen atoms in total. The molecule has 174 valence electrons. The normalized spacial score (nSPS) is 18.1. The van der Waals surface area contributed by atoms with Crippen LogP contribution in [0.25, 0.3) is 11.4 Å². The molecule has 0 N–H and O–H groups in total. The van der Waals surface area contributed by atoms with Gasteiger partial charge in [-0.1, -0.05) is 11.8 Å². The van der Waals surface area contributed by atoms with E-state index in [2.05, 4.69) is 33.2 Å². The Morgan fingerprint density at radius 3 is 2.64 bits per heavy atom. The van der Waals surface area contributed by atoms with Gasteiger partial charge in [0.2, 0.25) is 0 Å². The first-order valence-electron chi connectivity index (χ1n) is 11.6. The van der Waals surface area contributed by atoms with Gasteiger partial charge in [-0.2, -0.15) is 0 Å². The number of carbonyl (C=O) groups excluding carboxylic acids is 1. The Hall–Kier alpha value is -2.58. The maximum Gasteiger partial charge on any atom is 0.192 e. The van der Waals surface area contributed by atoms with Gasteiger partial charge in [0.05, 0.1) is 25.5 Å². The summed E-state index contributed by atoms with van der Waals surface area (Å²) in [5.41, 5.74) is 4.05. The van der Waals surface area contributed by atoms with Crippen LogP contribution in [-0.2, 0) is 11.3 Å². The molecule has 1 aliphatic heterocycles. The molecule has 1 unspecified atom stereocenters. The Labute approximate surface area is 198 Å². The monoisotopic (exact) mass is 466 g/mol. The van der Waals surface area contributed by atoms with Crippen molar-refractivity contribution in [1.82, 2.24) is 19.3 Å². The Balaban J connectivity index is 1.37. The maximum atomic E-state index is 13.1. The minimum absolute atomic E-state index is 0.137. The summed E-state index contributed by atoms with van der Waals surface area (Å²) in [6.07, 6.45) is 4.66. The van der Waals surface area contributed by atoms with Crippen LogP contribution in [0, 0.1) is 13.8 Å². The summed E-state index contributed by atoms with van der Waals surface area (Å²) in [7, 11) is 1.66. The van der Waals surface area contributed by atoms with Gasteiger partial charge in [-0.05, 0) is 69.9 Å². The van der Waals surface area contributed by atoms with E-state index in [1.807, 2.05) is 30.3 Å². The van der Waals surface area contributed by atoms with E-state index in [-0.39, 0.29) is 11.9 Å². The van der Waals surface area contributed by atoms with Crippen molar-refractivity contribution in [1.29, 1.82) is 0 Å². The van der Waals surface area contributed by atoms with E-state index >= 15 is 0 Å². The predicted molar refractivity (Wildman–Crippen MR) is 128 cm³/mol. The number of benzene rings is 1.